The maximum atomic E-state index is 3.85. The number of hydrogen-bond acceptors (Lipinski definition) is 2. The van der Waals surface area contributed by atoms with Crippen LogP contribution in [0.5, 0.6) is 0 Å². The number of hydrogen-bond donors (Lipinski definition) is 0. The van der Waals surface area contributed by atoms with Crippen LogP contribution in [0.2, 0.25) is 0 Å². The van der Waals surface area contributed by atoms with Gasteiger partial charge in [0.15, 0.2) is 0 Å². The normalized spacial score (nSPS) is 15.8. The molecule has 0 spiro atoms. The van der Waals surface area contributed by atoms with Gasteiger partial charge in [0.05, 0.1) is 0 Å². The van der Waals surface area contributed by atoms with Crippen molar-refractivity contribution >= 4 is 39.5 Å². The van der Waals surface area contributed by atoms with Crippen LogP contribution in [0.15, 0.2) is 65.1 Å². The first-order chi connectivity index (χ1) is 11.9. The average molecular weight is 331 g/mol. The van der Waals surface area contributed by atoms with Crippen molar-refractivity contribution in [3.05, 3.63) is 71.3 Å². The minimum Gasteiger partial charge on any atom is -0.268 e. The first kappa shape index (κ1) is 15.5. The van der Waals surface area contributed by atoms with Gasteiger partial charge in [0, 0.05) is 18.2 Å². The van der Waals surface area contributed by atoms with Gasteiger partial charge in [-0.05, 0) is 63.8 Å². The lowest BCUT2D eigenvalue weighted by atomic mass is 9.86. The second-order valence-corrected chi connectivity index (χ2v) is 7.18. The van der Waals surface area contributed by atoms with Crippen molar-refractivity contribution in [1.82, 2.24) is 0 Å². The fourth-order valence-electron chi connectivity index (χ4n) is 3.62. The number of thioether (sulfide) groups is 1. The Morgan fingerprint density at radius 1 is 0.792 bits per heavy atom. The van der Waals surface area contributed by atoms with E-state index in [0.29, 0.717) is 0 Å². The summed E-state index contributed by atoms with van der Waals surface area (Å²) in [6.07, 6.45) is 8.91. The SMILES string of the molecule is C1=CSCC=N1.c1ccc2c(c1)ccc1c3c(ccc12)CCCC3. The fraction of sp³-hybridized carbons (Fsp3) is 0.227. The molecule has 3 aromatic carbocycles. The molecule has 0 unspecified atom stereocenters. The zero-order valence-corrected chi connectivity index (χ0v) is 14.6. The third kappa shape index (κ3) is 3.11. The molecule has 1 aliphatic carbocycles. The van der Waals surface area contributed by atoms with Crippen LogP contribution in [0, 0.1) is 0 Å². The number of nitrogens with zero attached hydrogens (tertiary/aromatic N) is 1. The quantitative estimate of drug-likeness (QED) is 0.450. The molecule has 1 heterocycles. The molecule has 5 rings (SSSR count). The standard InChI is InChI=1S/C18H16.C4H5NS/c1-3-7-15-13(5-1)9-11-18-16-8-4-2-6-14(16)10-12-17(15)18;1-3-6-4-2-5-1/h1,3,5,7,9-12H,2,4,6,8H2;1-3H,4H2. The minimum atomic E-state index is 1.04. The van der Waals surface area contributed by atoms with Crippen LogP contribution in [-0.2, 0) is 12.8 Å². The van der Waals surface area contributed by atoms with E-state index in [1.54, 1.807) is 29.1 Å². The highest BCUT2D eigenvalue weighted by Crippen LogP contribution is 2.33. The molecule has 0 saturated carbocycles. The van der Waals surface area contributed by atoms with Crippen LogP contribution in [0.1, 0.15) is 24.0 Å². The first-order valence-electron chi connectivity index (χ1n) is 8.64. The monoisotopic (exact) mass is 331 g/mol. The molecule has 2 aliphatic rings. The maximum absolute atomic E-state index is 3.85. The number of aryl methyl sites for hydroxylation is 2. The summed E-state index contributed by atoms with van der Waals surface area (Å²) >= 11 is 1.77. The van der Waals surface area contributed by atoms with Crippen LogP contribution in [0.3, 0.4) is 0 Å². The number of fused-ring (bicyclic) bond motifs is 5. The average Bonchev–Trinajstić information content (AvgIpc) is 2.69. The Balaban J connectivity index is 0.000000207. The molecule has 0 amide bonds. The van der Waals surface area contributed by atoms with E-state index >= 15 is 0 Å². The van der Waals surface area contributed by atoms with Gasteiger partial charge in [-0.1, -0.05) is 48.5 Å². The third-order valence-corrected chi connectivity index (χ3v) is 5.43. The highest BCUT2D eigenvalue weighted by Gasteiger charge is 2.13. The van der Waals surface area contributed by atoms with Gasteiger partial charge in [-0.15, -0.1) is 11.8 Å². The zero-order chi connectivity index (χ0) is 16.2. The van der Waals surface area contributed by atoms with Crippen LogP contribution in [0.25, 0.3) is 21.5 Å². The van der Waals surface area contributed by atoms with Gasteiger partial charge < -0.3 is 0 Å². The Morgan fingerprint density at radius 3 is 2.46 bits per heavy atom. The second kappa shape index (κ2) is 7.23. The Hall–Kier alpha value is -2.06. The number of aliphatic imine (C=N–C) groups is 1. The van der Waals surface area contributed by atoms with Crippen molar-refractivity contribution < 1.29 is 0 Å². The molecule has 3 aromatic rings. The molecule has 0 radical (unpaired) electrons. The minimum absolute atomic E-state index is 1.04. The van der Waals surface area contributed by atoms with E-state index in [1.165, 1.54) is 47.2 Å². The largest absolute Gasteiger partial charge is 0.268 e. The molecule has 0 fully saturated rings. The molecule has 0 atom stereocenters. The van der Waals surface area contributed by atoms with Gasteiger partial charge in [-0.3, -0.25) is 4.99 Å². The smallest absolute Gasteiger partial charge is 0.0330 e. The third-order valence-electron chi connectivity index (χ3n) is 4.78. The van der Waals surface area contributed by atoms with Crippen LogP contribution in [0.4, 0.5) is 0 Å². The first-order valence-corrected chi connectivity index (χ1v) is 9.69. The fourth-order valence-corrected chi connectivity index (χ4v) is 4.06. The highest BCUT2D eigenvalue weighted by atomic mass is 32.2. The van der Waals surface area contributed by atoms with Crippen molar-refractivity contribution in [2.45, 2.75) is 25.7 Å². The van der Waals surface area contributed by atoms with E-state index in [9.17, 15) is 0 Å². The van der Waals surface area contributed by atoms with Crippen molar-refractivity contribution in [1.29, 1.82) is 0 Å². The Labute approximate surface area is 147 Å². The van der Waals surface area contributed by atoms with Crippen LogP contribution in [-0.4, -0.2) is 12.0 Å². The van der Waals surface area contributed by atoms with Crippen molar-refractivity contribution in [2.75, 3.05) is 5.75 Å². The molecule has 2 heteroatoms. The van der Waals surface area contributed by atoms with Crippen LogP contribution < -0.4 is 0 Å². The maximum Gasteiger partial charge on any atom is 0.0330 e. The summed E-state index contributed by atoms with van der Waals surface area (Å²) in [5.41, 5.74) is 3.17. The van der Waals surface area contributed by atoms with E-state index in [-0.39, 0.29) is 0 Å². The van der Waals surface area contributed by atoms with Gasteiger partial charge in [-0.2, -0.15) is 0 Å². The van der Waals surface area contributed by atoms with Crippen LogP contribution >= 0.6 is 11.8 Å². The summed E-state index contributed by atoms with van der Waals surface area (Å²) in [5.74, 6) is 1.04. The molecule has 0 bridgehead atoms. The molecule has 1 nitrogen and oxygen atoms in total. The second-order valence-electron chi connectivity index (χ2n) is 6.24. The summed E-state index contributed by atoms with van der Waals surface area (Å²) in [6, 6.07) is 18.0. The summed E-state index contributed by atoms with van der Waals surface area (Å²) in [6.45, 7) is 0. The lowest BCUT2D eigenvalue weighted by Crippen LogP contribution is -2.02. The van der Waals surface area contributed by atoms with E-state index in [1.807, 2.05) is 11.6 Å². The topological polar surface area (TPSA) is 12.4 Å². The van der Waals surface area contributed by atoms with Crippen molar-refractivity contribution in [2.24, 2.45) is 4.99 Å². The molecular formula is C22H21NS. The van der Waals surface area contributed by atoms with E-state index < -0.39 is 0 Å². The lowest BCUT2D eigenvalue weighted by Gasteiger charge is -2.18. The molecule has 0 N–H and O–H groups in total. The number of rotatable bonds is 0. The summed E-state index contributed by atoms with van der Waals surface area (Å²) in [4.78, 5) is 3.85. The Kier molecular flexibility index (Phi) is 4.66. The highest BCUT2D eigenvalue weighted by molar-refractivity contribution is 8.02. The molecule has 0 saturated heterocycles. The predicted molar refractivity (Wildman–Crippen MR) is 108 cm³/mol. The molecule has 1 aliphatic heterocycles. The van der Waals surface area contributed by atoms with Gasteiger partial charge in [-0.25, -0.2) is 0 Å². The molecule has 24 heavy (non-hydrogen) atoms. The molecule has 120 valence electrons. The lowest BCUT2D eigenvalue weighted by molar-refractivity contribution is 0.690. The van der Waals surface area contributed by atoms with E-state index in [0.717, 1.165) is 5.75 Å². The van der Waals surface area contributed by atoms with Gasteiger partial charge in [0.2, 0.25) is 0 Å². The Bertz CT molecular complexity index is 912. The molecular weight excluding hydrogens is 310 g/mol. The van der Waals surface area contributed by atoms with Crippen molar-refractivity contribution in [3.8, 4) is 0 Å². The summed E-state index contributed by atoms with van der Waals surface area (Å²) < 4.78 is 0. The van der Waals surface area contributed by atoms with E-state index in [2.05, 4.69) is 53.5 Å². The zero-order valence-electron chi connectivity index (χ0n) is 13.7. The predicted octanol–water partition coefficient (Wildman–Crippen LogP) is 6.15. The molecule has 0 aromatic heterocycles. The van der Waals surface area contributed by atoms with Gasteiger partial charge >= 0.3 is 0 Å². The van der Waals surface area contributed by atoms with Gasteiger partial charge in [0.1, 0.15) is 0 Å². The van der Waals surface area contributed by atoms with Gasteiger partial charge in [0.25, 0.3) is 0 Å². The van der Waals surface area contributed by atoms with Crippen molar-refractivity contribution in [3.63, 3.8) is 0 Å². The Morgan fingerprint density at radius 2 is 1.67 bits per heavy atom. The number of benzene rings is 3. The summed E-state index contributed by atoms with van der Waals surface area (Å²) in [5, 5.41) is 7.63. The van der Waals surface area contributed by atoms with E-state index in [4.69, 9.17) is 0 Å². The summed E-state index contributed by atoms with van der Waals surface area (Å²) in [7, 11) is 0.